The van der Waals surface area contributed by atoms with Crippen molar-refractivity contribution in [2.45, 2.75) is 52.5 Å². The van der Waals surface area contributed by atoms with Crippen LogP contribution < -0.4 is 0 Å². The van der Waals surface area contributed by atoms with Crippen LogP contribution in [-0.4, -0.2) is 12.1 Å². The molecule has 0 saturated carbocycles. The van der Waals surface area contributed by atoms with Crippen LogP contribution in [0.4, 0.5) is 0 Å². The minimum Gasteiger partial charge on any atom is -0.196 e. The molecule has 0 heterocycles. The molecule has 3 nitrogen and oxygen atoms in total. The van der Waals surface area contributed by atoms with Gasteiger partial charge in [0, 0.05) is 0 Å². The van der Waals surface area contributed by atoms with Crippen molar-refractivity contribution >= 4 is 0 Å². The first-order valence-electron chi connectivity index (χ1n) is 5.34. The van der Waals surface area contributed by atoms with Crippen molar-refractivity contribution in [2.75, 3.05) is 6.54 Å². The Bertz CT molecular complexity index is 215. The highest BCUT2D eigenvalue weighted by atomic mass is 15.1. The van der Waals surface area contributed by atoms with Crippen molar-refractivity contribution in [3.8, 4) is 6.07 Å². The zero-order valence-corrected chi connectivity index (χ0v) is 9.75. The van der Waals surface area contributed by atoms with Crippen molar-refractivity contribution in [1.29, 1.82) is 5.26 Å². The molecule has 3 heteroatoms. The van der Waals surface area contributed by atoms with Crippen molar-refractivity contribution in [1.82, 2.24) is 0 Å². The Morgan fingerprint density at radius 2 is 2.07 bits per heavy atom. The molecule has 0 bridgehead atoms. The summed E-state index contributed by atoms with van der Waals surface area (Å²) in [5, 5.41) is 17.2. The maximum Gasteiger partial charge on any atom is 0.164 e. The average Bonchev–Trinajstić information content (AvgIpc) is 2.11. The molecular weight excluding hydrogens is 174 g/mol. The first-order chi connectivity index (χ1) is 6.54. The second-order valence-corrected chi connectivity index (χ2v) is 4.30. The number of nitriles is 1. The Labute approximate surface area is 87.2 Å². The van der Waals surface area contributed by atoms with Gasteiger partial charge in [-0.3, -0.25) is 0 Å². The second kappa shape index (κ2) is 6.53. The molecule has 0 saturated heterocycles. The third-order valence-electron chi connectivity index (χ3n) is 1.95. The lowest BCUT2D eigenvalue weighted by Gasteiger charge is -2.16. The van der Waals surface area contributed by atoms with Crippen molar-refractivity contribution in [3.63, 3.8) is 0 Å². The van der Waals surface area contributed by atoms with E-state index in [-0.39, 0.29) is 0 Å². The predicted molar refractivity (Wildman–Crippen MR) is 58.1 cm³/mol. The Morgan fingerprint density at radius 3 is 2.50 bits per heavy atom. The molecule has 1 unspecified atom stereocenters. The maximum atomic E-state index is 8.99. The highest BCUT2D eigenvalue weighted by Gasteiger charge is 2.24. The van der Waals surface area contributed by atoms with E-state index >= 15 is 0 Å². The summed E-state index contributed by atoms with van der Waals surface area (Å²) in [7, 11) is 0. The Balaban J connectivity index is 4.12. The van der Waals surface area contributed by atoms with Crippen LogP contribution in [-0.2, 0) is 0 Å². The molecule has 0 fully saturated rings. The van der Waals surface area contributed by atoms with E-state index < -0.39 is 5.54 Å². The van der Waals surface area contributed by atoms with Gasteiger partial charge in [-0.05, 0) is 25.7 Å². The first-order valence-corrected chi connectivity index (χ1v) is 5.34. The van der Waals surface area contributed by atoms with E-state index in [9.17, 15) is 0 Å². The van der Waals surface area contributed by atoms with E-state index in [1.807, 2.05) is 6.92 Å². The van der Waals surface area contributed by atoms with Crippen LogP contribution in [0.2, 0.25) is 0 Å². The van der Waals surface area contributed by atoms with Gasteiger partial charge in [-0.2, -0.15) is 15.5 Å². The lowest BCUT2D eigenvalue weighted by molar-refractivity contribution is 0.430. The molecule has 80 valence electrons. The van der Waals surface area contributed by atoms with Crippen molar-refractivity contribution < 1.29 is 0 Å². The zero-order valence-electron chi connectivity index (χ0n) is 9.75. The molecule has 14 heavy (non-hydrogen) atoms. The quantitative estimate of drug-likeness (QED) is 0.472. The molecule has 0 aliphatic carbocycles. The highest BCUT2D eigenvalue weighted by molar-refractivity contribution is 5.03. The van der Waals surface area contributed by atoms with Crippen LogP contribution in [0.15, 0.2) is 10.2 Å². The van der Waals surface area contributed by atoms with Crippen LogP contribution in [0.1, 0.15) is 47.0 Å². The largest absolute Gasteiger partial charge is 0.196 e. The lowest BCUT2D eigenvalue weighted by Crippen LogP contribution is -2.21. The summed E-state index contributed by atoms with van der Waals surface area (Å²) in [6.07, 6.45) is 2.94. The van der Waals surface area contributed by atoms with E-state index in [2.05, 4.69) is 37.1 Å². The molecular formula is C11H21N3. The minimum atomic E-state index is -0.623. The molecule has 0 amide bonds. The fourth-order valence-electron chi connectivity index (χ4n) is 1.34. The lowest BCUT2D eigenvalue weighted by atomic mass is 9.93. The third kappa shape index (κ3) is 5.69. The topological polar surface area (TPSA) is 48.5 Å². The summed E-state index contributed by atoms with van der Waals surface area (Å²) in [5.74, 6) is 0.477. The van der Waals surface area contributed by atoms with Crippen molar-refractivity contribution in [3.05, 3.63) is 0 Å². The average molecular weight is 195 g/mol. The molecule has 0 spiro atoms. The van der Waals surface area contributed by atoms with E-state index in [1.54, 1.807) is 0 Å². The van der Waals surface area contributed by atoms with E-state index in [4.69, 9.17) is 5.26 Å². The standard InChI is InChI=1S/C11H21N3/c1-5-6-7-13-14-11(4,9-12)8-10(2)3/h10H,5-8H2,1-4H3/b14-13+. The van der Waals surface area contributed by atoms with Crippen LogP contribution in [0, 0.1) is 17.2 Å². The summed E-state index contributed by atoms with van der Waals surface area (Å²) in [6.45, 7) is 8.90. The Hall–Kier alpha value is -0.910. The Morgan fingerprint density at radius 1 is 1.43 bits per heavy atom. The molecule has 0 aromatic heterocycles. The van der Waals surface area contributed by atoms with Crippen LogP contribution >= 0.6 is 0 Å². The van der Waals surface area contributed by atoms with Gasteiger partial charge in [-0.25, -0.2) is 0 Å². The van der Waals surface area contributed by atoms with Gasteiger partial charge in [0.15, 0.2) is 5.54 Å². The number of hydrogen-bond donors (Lipinski definition) is 0. The fraction of sp³-hybridized carbons (Fsp3) is 0.909. The number of hydrogen-bond acceptors (Lipinski definition) is 3. The fourth-order valence-corrected chi connectivity index (χ4v) is 1.34. The second-order valence-electron chi connectivity index (χ2n) is 4.30. The van der Waals surface area contributed by atoms with Gasteiger partial charge >= 0.3 is 0 Å². The van der Waals surface area contributed by atoms with Gasteiger partial charge in [0.25, 0.3) is 0 Å². The third-order valence-corrected chi connectivity index (χ3v) is 1.95. The van der Waals surface area contributed by atoms with Crippen LogP contribution in [0.25, 0.3) is 0 Å². The molecule has 0 aliphatic heterocycles. The molecule has 0 aliphatic rings. The number of rotatable bonds is 6. The van der Waals surface area contributed by atoms with Gasteiger partial charge < -0.3 is 0 Å². The number of nitrogens with zero attached hydrogens (tertiary/aromatic N) is 3. The van der Waals surface area contributed by atoms with E-state index in [0.717, 1.165) is 25.8 Å². The molecule has 0 radical (unpaired) electrons. The highest BCUT2D eigenvalue weighted by Crippen LogP contribution is 2.20. The van der Waals surface area contributed by atoms with Gasteiger partial charge in [-0.1, -0.05) is 27.2 Å². The minimum absolute atomic E-state index is 0.477. The van der Waals surface area contributed by atoms with Gasteiger partial charge in [-0.15, -0.1) is 0 Å². The monoisotopic (exact) mass is 195 g/mol. The molecule has 0 aromatic rings. The van der Waals surface area contributed by atoms with Gasteiger partial charge in [0.05, 0.1) is 12.6 Å². The van der Waals surface area contributed by atoms with Crippen molar-refractivity contribution in [2.24, 2.45) is 16.1 Å². The summed E-state index contributed by atoms with van der Waals surface area (Å²) in [6, 6.07) is 2.23. The SMILES string of the molecule is CCCC/N=N/C(C)(C#N)CC(C)C. The summed E-state index contributed by atoms with van der Waals surface area (Å²) in [4.78, 5) is 0. The molecule has 1 atom stereocenters. The zero-order chi connectivity index (χ0) is 11.0. The molecule has 0 rings (SSSR count). The normalized spacial score (nSPS) is 15.7. The van der Waals surface area contributed by atoms with Gasteiger partial charge in [0.1, 0.15) is 0 Å². The maximum absolute atomic E-state index is 8.99. The summed E-state index contributed by atoms with van der Waals surface area (Å²) >= 11 is 0. The van der Waals surface area contributed by atoms with Crippen LogP contribution in [0.3, 0.4) is 0 Å². The number of unbranched alkanes of at least 4 members (excludes halogenated alkanes) is 1. The summed E-state index contributed by atoms with van der Waals surface area (Å²) < 4.78 is 0. The van der Waals surface area contributed by atoms with Gasteiger partial charge in [0.2, 0.25) is 0 Å². The summed E-state index contributed by atoms with van der Waals surface area (Å²) in [5.41, 5.74) is -0.623. The van der Waals surface area contributed by atoms with Crippen LogP contribution in [0.5, 0.6) is 0 Å². The van der Waals surface area contributed by atoms with E-state index in [0.29, 0.717) is 5.92 Å². The van der Waals surface area contributed by atoms with E-state index in [1.165, 1.54) is 0 Å². The smallest absolute Gasteiger partial charge is 0.164 e. The number of azo groups is 1. The Kier molecular flexibility index (Phi) is 6.11. The molecule has 0 aromatic carbocycles. The predicted octanol–water partition coefficient (Wildman–Crippen LogP) is 3.57. The first kappa shape index (κ1) is 13.1. The molecule has 0 N–H and O–H groups in total.